The summed E-state index contributed by atoms with van der Waals surface area (Å²) >= 11 is 0. The van der Waals surface area contributed by atoms with Gasteiger partial charge >= 0.3 is 0 Å². The van der Waals surface area contributed by atoms with Gasteiger partial charge in [-0.15, -0.1) is 0 Å². The van der Waals surface area contributed by atoms with Crippen LogP contribution in [0.4, 0.5) is 5.88 Å². The lowest BCUT2D eigenvalue weighted by Gasteiger charge is -2.36. The molecule has 0 aliphatic carbocycles. The number of carbonyl (C=O) groups excluding carboxylic acids is 1. The second-order valence-corrected chi connectivity index (χ2v) is 6.89. The molecule has 8 nitrogen and oxygen atoms in total. The van der Waals surface area contributed by atoms with E-state index in [9.17, 15) is 4.79 Å². The summed E-state index contributed by atoms with van der Waals surface area (Å²) in [4.78, 5) is 19.1. The average molecular weight is 346 g/mol. The van der Waals surface area contributed by atoms with E-state index in [1.807, 2.05) is 32.4 Å². The van der Waals surface area contributed by atoms with Crippen LogP contribution in [0.25, 0.3) is 0 Å². The van der Waals surface area contributed by atoms with Gasteiger partial charge < -0.3 is 4.52 Å². The Kier molecular flexibility index (Phi) is 5.17. The SMILES string of the molecule is Cc1cc(NC(=O)[C@H](C)N2CCC[C@@H](Cn3nc(C)nc3C)C2)on1. The molecule has 1 amide bonds. The maximum Gasteiger partial charge on any atom is 0.243 e. The number of aryl methyl sites for hydroxylation is 3. The van der Waals surface area contributed by atoms with Gasteiger partial charge in [-0.3, -0.25) is 15.0 Å². The molecule has 25 heavy (non-hydrogen) atoms. The summed E-state index contributed by atoms with van der Waals surface area (Å²) in [6.45, 7) is 10.3. The average Bonchev–Trinajstić information content (AvgIpc) is 3.11. The minimum absolute atomic E-state index is 0.0652. The Bertz CT molecular complexity index is 737. The molecule has 0 aromatic carbocycles. The second kappa shape index (κ2) is 7.35. The highest BCUT2D eigenvalue weighted by Gasteiger charge is 2.28. The van der Waals surface area contributed by atoms with E-state index in [4.69, 9.17) is 4.52 Å². The van der Waals surface area contributed by atoms with Crippen LogP contribution in [0.5, 0.6) is 0 Å². The smallest absolute Gasteiger partial charge is 0.243 e. The normalized spacial score (nSPS) is 19.8. The number of rotatable bonds is 5. The fraction of sp³-hybridized carbons (Fsp3) is 0.647. The topological polar surface area (TPSA) is 89.1 Å². The van der Waals surface area contributed by atoms with Gasteiger partial charge in [-0.2, -0.15) is 5.10 Å². The summed E-state index contributed by atoms with van der Waals surface area (Å²) in [6, 6.07) is 1.51. The fourth-order valence-electron chi connectivity index (χ4n) is 3.39. The van der Waals surface area contributed by atoms with Gasteiger partial charge in [0.2, 0.25) is 11.8 Å². The van der Waals surface area contributed by atoms with Crippen molar-refractivity contribution in [2.45, 2.75) is 53.1 Å². The molecule has 0 saturated carbocycles. The first kappa shape index (κ1) is 17.6. The summed E-state index contributed by atoms with van der Waals surface area (Å²) in [5.41, 5.74) is 0.750. The molecule has 2 aromatic rings. The summed E-state index contributed by atoms with van der Waals surface area (Å²) in [5, 5.41) is 11.0. The maximum absolute atomic E-state index is 12.5. The Labute approximate surface area is 147 Å². The molecule has 1 aliphatic rings. The van der Waals surface area contributed by atoms with Crippen molar-refractivity contribution in [1.29, 1.82) is 0 Å². The lowest BCUT2D eigenvalue weighted by Crippen LogP contribution is -2.47. The van der Waals surface area contributed by atoms with Gasteiger partial charge in [0.1, 0.15) is 11.6 Å². The Morgan fingerprint density at radius 1 is 1.44 bits per heavy atom. The fourth-order valence-corrected chi connectivity index (χ4v) is 3.39. The molecule has 0 bridgehead atoms. The van der Waals surface area contributed by atoms with E-state index in [0.717, 1.165) is 49.8 Å². The van der Waals surface area contributed by atoms with E-state index < -0.39 is 0 Å². The van der Waals surface area contributed by atoms with Gasteiger partial charge in [0.25, 0.3) is 0 Å². The molecule has 1 N–H and O–H groups in total. The third-order valence-electron chi connectivity index (χ3n) is 4.75. The number of nitrogens with zero attached hydrogens (tertiary/aromatic N) is 5. The highest BCUT2D eigenvalue weighted by Crippen LogP contribution is 2.21. The molecule has 2 atom stereocenters. The minimum Gasteiger partial charge on any atom is -0.338 e. The van der Waals surface area contributed by atoms with Crippen LogP contribution in [-0.2, 0) is 11.3 Å². The molecule has 3 rings (SSSR count). The molecule has 0 radical (unpaired) electrons. The van der Waals surface area contributed by atoms with Crippen molar-refractivity contribution in [3.63, 3.8) is 0 Å². The Balaban J connectivity index is 1.58. The van der Waals surface area contributed by atoms with Crippen LogP contribution in [0.2, 0.25) is 0 Å². The molecule has 3 heterocycles. The van der Waals surface area contributed by atoms with Gasteiger partial charge in [0.15, 0.2) is 0 Å². The van der Waals surface area contributed by atoms with Crippen LogP contribution in [0, 0.1) is 26.7 Å². The number of hydrogen-bond donors (Lipinski definition) is 1. The summed E-state index contributed by atoms with van der Waals surface area (Å²) in [6.07, 6.45) is 2.22. The van der Waals surface area contributed by atoms with Crippen molar-refractivity contribution < 1.29 is 9.32 Å². The van der Waals surface area contributed by atoms with Crippen molar-refractivity contribution in [2.24, 2.45) is 5.92 Å². The van der Waals surface area contributed by atoms with Crippen LogP contribution in [-0.4, -0.2) is 49.9 Å². The third-order valence-corrected chi connectivity index (χ3v) is 4.75. The molecule has 2 aromatic heterocycles. The predicted molar refractivity (Wildman–Crippen MR) is 93.1 cm³/mol. The quantitative estimate of drug-likeness (QED) is 0.890. The molecule has 136 valence electrons. The lowest BCUT2D eigenvalue weighted by molar-refractivity contribution is -0.121. The van der Waals surface area contributed by atoms with Crippen LogP contribution in [0.3, 0.4) is 0 Å². The van der Waals surface area contributed by atoms with Crippen LogP contribution >= 0.6 is 0 Å². The van der Waals surface area contributed by atoms with E-state index in [0.29, 0.717) is 11.8 Å². The Morgan fingerprint density at radius 2 is 2.24 bits per heavy atom. The molecule has 1 saturated heterocycles. The van der Waals surface area contributed by atoms with Crippen molar-refractivity contribution in [3.8, 4) is 0 Å². The van der Waals surface area contributed by atoms with E-state index in [1.165, 1.54) is 0 Å². The zero-order valence-electron chi connectivity index (χ0n) is 15.3. The van der Waals surface area contributed by atoms with Gasteiger partial charge in [-0.25, -0.2) is 9.67 Å². The van der Waals surface area contributed by atoms with Crippen molar-refractivity contribution in [2.75, 3.05) is 18.4 Å². The largest absolute Gasteiger partial charge is 0.338 e. The molecule has 8 heteroatoms. The van der Waals surface area contributed by atoms with Gasteiger partial charge in [-0.05, 0) is 53.0 Å². The van der Waals surface area contributed by atoms with Crippen molar-refractivity contribution in [1.82, 2.24) is 24.8 Å². The second-order valence-electron chi connectivity index (χ2n) is 6.89. The number of aromatic nitrogens is 4. The first-order valence-corrected chi connectivity index (χ1v) is 8.78. The Morgan fingerprint density at radius 3 is 2.88 bits per heavy atom. The van der Waals surface area contributed by atoms with Gasteiger partial charge in [0.05, 0.1) is 11.7 Å². The molecule has 1 aliphatic heterocycles. The number of carbonyl (C=O) groups is 1. The molecular formula is C17H26N6O2. The number of anilines is 1. The Hall–Kier alpha value is -2.22. The zero-order valence-corrected chi connectivity index (χ0v) is 15.3. The van der Waals surface area contributed by atoms with Crippen molar-refractivity contribution in [3.05, 3.63) is 23.4 Å². The number of hydrogen-bond acceptors (Lipinski definition) is 6. The zero-order chi connectivity index (χ0) is 18.0. The lowest BCUT2D eigenvalue weighted by atomic mass is 9.96. The first-order valence-electron chi connectivity index (χ1n) is 8.78. The van der Waals surface area contributed by atoms with Gasteiger partial charge in [-0.1, -0.05) is 5.16 Å². The predicted octanol–water partition coefficient (Wildman–Crippen LogP) is 1.93. The first-order chi connectivity index (χ1) is 11.9. The van der Waals surface area contributed by atoms with E-state index in [-0.39, 0.29) is 11.9 Å². The monoisotopic (exact) mass is 346 g/mol. The number of piperidine rings is 1. The highest BCUT2D eigenvalue weighted by atomic mass is 16.5. The summed E-state index contributed by atoms with van der Waals surface area (Å²) < 4.78 is 7.05. The third kappa shape index (κ3) is 4.25. The van der Waals surface area contributed by atoms with Crippen LogP contribution < -0.4 is 5.32 Å². The number of amides is 1. The van der Waals surface area contributed by atoms with Crippen LogP contribution in [0.1, 0.15) is 37.1 Å². The molecular weight excluding hydrogens is 320 g/mol. The highest BCUT2D eigenvalue weighted by molar-refractivity contribution is 5.93. The van der Waals surface area contributed by atoms with E-state index in [1.54, 1.807) is 6.07 Å². The molecule has 0 unspecified atom stereocenters. The number of nitrogens with one attached hydrogen (secondary N) is 1. The van der Waals surface area contributed by atoms with Gasteiger partial charge in [0, 0.05) is 19.2 Å². The molecule has 1 fully saturated rings. The van der Waals surface area contributed by atoms with E-state index >= 15 is 0 Å². The maximum atomic E-state index is 12.5. The number of likely N-dealkylation sites (tertiary alicyclic amines) is 1. The minimum atomic E-state index is -0.216. The van der Waals surface area contributed by atoms with E-state index in [2.05, 4.69) is 25.5 Å². The standard InChI is InChI=1S/C17H26N6O2/c1-11-8-16(25-21-11)19-17(24)12(2)22-7-5-6-15(9-22)10-23-14(4)18-13(3)20-23/h8,12,15H,5-7,9-10H2,1-4H3,(H,19,24)/t12-,15+/m0/s1. The summed E-state index contributed by atoms with van der Waals surface area (Å²) in [7, 11) is 0. The molecule has 0 spiro atoms. The summed E-state index contributed by atoms with van der Waals surface area (Å²) in [5.74, 6) is 2.55. The van der Waals surface area contributed by atoms with Crippen molar-refractivity contribution >= 4 is 11.8 Å². The van der Waals surface area contributed by atoms with Crippen LogP contribution in [0.15, 0.2) is 10.6 Å².